The van der Waals surface area contributed by atoms with Crippen LogP contribution in [0.5, 0.6) is 0 Å². The van der Waals surface area contributed by atoms with Crippen molar-refractivity contribution in [3.8, 4) is 6.07 Å². The summed E-state index contributed by atoms with van der Waals surface area (Å²) < 4.78 is 0. The molecule has 0 bridgehead atoms. The summed E-state index contributed by atoms with van der Waals surface area (Å²) in [5.74, 6) is 0.836. The Kier molecular flexibility index (Phi) is 6.44. The first-order chi connectivity index (χ1) is 9.41. The molecule has 0 saturated heterocycles. The third-order valence-electron chi connectivity index (χ3n) is 3.46. The molecule has 1 unspecified atom stereocenters. The number of nitrogens with one attached hydrogen (secondary N) is 1. The van der Waals surface area contributed by atoms with E-state index < -0.39 is 5.54 Å². The lowest BCUT2D eigenvalue weighted by Crippen LogP contribution is -2.41. The highest BCUT2D eigenvalue weighted by molar-refractivity contribution is 7.99. The lowest BCUT2D eigenvalue weighted by molar-refractivity contribution is 0.437. The third-order valence-corrected chi connectivity index (χ3v) is 4.31. The van der Waals surface area contributed by atoms with E-state index in [1.54, 1.807) is 11.8 Å². The van der Waals surface area contributed by atoms with Gasteiger partial charge in [0.1, 0.15) is 5.54 Å². The molecule has 1 heterocycles. The van der Waals surface area contributed by atoms with Gasteiger partial charge in [0, 0.05) is 17.1 Å². The highest BCUT2D eigenvalue weighted by Crippen LogP contribution is 2.20. The zero-order valence-electron chi connectivity index (χ0n) is 13.1. The van der Waals surface area contributed by atoms with Crippen LogP contribution in [-0.4, -0.2) is 27.8 Å². The quantitative estimate of drug-likeness (QED) is 0.618. The Morgan fingerprint density at radius 3 is 2.35 bits per heavy atom. The molecule has 110 valence electrons. The number of rotatable bonds is 7. The second-order valence-electron chi connectivity index (χ2n) is 5.27. The SMILES string of the molecule is CCCNC(C)(C#N)CCSc1nc(C)c(C)c(C)n1. The van der Waals surface area contributed by atoms with Gasteiger partial charge in [0.2, 0.25) is 0 Å². The number of hydrogen-bond acceptors (Lipinski definition) is 5. The molecule has 1 aromatic heterocycles. The van der Waals surface area contributed by atoms with Crippen LogP contribution in [0.2, 0.25) is 0 Å². The van der Waals surface area contributed by atoms with E-state index in [4.69, 9.17) is 0 Å². The summed E-state index contributed by atoms with van der Waals surface area (Å²) in [4.78, 5) is 8.98. The maximum atomic E-state index is 9.28. The molecule has 4 nitrogen and oxygen atoms in total. The van der Waals surface area contributed by atoms with Gasteiger partial charge in [0.15, 0.2) is 5.16 Å². The van der Waals surface area contributed by atoms with Gasteiger partial charge < -0.3 is 0 Å². The number of aromatic nitrogens is 2. The van der Waals surface area contributed by atoms with Crippen molar-refractivity contribution in [3.63, 3.8) is 0 Å². The third kappa shape index (κ3) is 4.77. The number of thioether (sulfide) groups is 1. The first kappa shape index (κ1) is 16.9. The number of nitrogens with zero attached hydrogens (tertiary/aromatic N) is 3. The van der Waals surface area contributed by atoms with E-state index in [2.05, 4.69) is 28.3 Å². The molecule has 0 aliphatic heterocycles. The van der Waals surface area contributed by atoms with Crippen LogP contribution in [0.3, 0.4) is 0 Å². The second-order valence-corrected chi connectivity index (χ2v) is 6.33. The molecule has 0 amide bonds. The van der Waals surface area contributed by atoms with Crippen molar-refractivity contribution in [1.29, 1.82) is 5.26 Å². The molecule has 1 aromatic rings. The molecule has 20 heavy (non-hydrogen) atoms. The van der Waals surface area contributed by atoms with Crippen LogP contribution in [0.4, 0.5) is 0 Å². The van der Waals surface area contributed by atoms with E-state index in [0.717, 1.165) is 47.2 Å². The van der Waals surface area contributed by atoms with Crippen LogP contribution in [-0.2, 0) is 0 Å². The van der Waals surface area contributed by atoms with E-state index in [0.29, 0.717) is 0 Å². The van der Waals surface area contributed by atoms with Crippen molar-refractivity contribution in [2.45, 2.75) is 58.2 Å². The molecule has 0 fully saturated rings. The van der Waals surface area contributed by atoms with Gasteiger partial charge in [-0.15, -0.1) is 0 Å². The molecular weight excluding hydrogens is 268 g/mol. The average molecular weight is 292 g/mol. The molecule has 1 atom stereocenters. The average Bonchev–Trinajstić information content (AvgIpc) is 2.42. The molecule has 0 aliphatic rings. The van der Waals surface area contributed by atoms with Crippen LogP contribution >= 0.6 is 11.8 Å². The Labute approximate surface area is 126 Å². The summed E-state index contributed by atoms with van der Waals surface area (Å²) in [6.07, 6.45) is 1.81. The molecule has 0 radical (unpaired) electrons. The highest BCUT2D eigenvalue weighted by Gasteiger charge is 2.22. The van der Waals surface area contributed by atoms with Crippen LogP contribution in [0, 0.1) is 32.1 Å². The minimum Gasteiger partial charge on any atom is -0.300 e. The Balaban J connectivity index is 2.58. The maximum Gasteiger partial charge on any atom is 0.187 e. The molecule has 0 aromatic carbocycles. The maximum absolute atomic E-state index is 9.28. The van der Waals surface area contributed by atoms with E-state index >= 15 is 0 Å². The van der Waals surface area contributed by atoms with Gasteiger partial charge in [-0.1, -0.05) is 18.7 Å². The van der Waals surface area contributed by atoms with Gasteiger partial charge in [-0.05, 0) is 52.6 Å². The van der Waals surface area contributed by atoms with Gasteiger partial charge in [0.25, 0.3) is 0 Å². The Hall–Kier alpha value is -1.12. The minimum absolute atomic E-state index is 0.461. The fourth-order valence-corrected chi connectivity index (χ4v) is 2.83. The summed E-state index contributed by atoms with van der Waals surface area (Å²) in [5.41, 5.74) is 2.76. The van der Waals surface area contributed by atoms with Crippen molar-refractivity contribution < 1.29 is 0 Å². The largest absolute Gasteiger partial charge is 0.300 e. The predicted octanol–water partition coefficient (Wildman–Crippen LogP) is 3.17. The van der Waals surface area contributed by atoms with E-state index in [1.807, 2.05) is 27.7 Å². The zero-order valence-corrected chi connectivity index (χ0v) is 13.9. The lowest BCUT2D eigenvalue weighted by atomic mass is 10.0. The van der Waals surface area contributed by atoms with E-state index in [1.165, 1.54) is 0 Å². The standard InChI is InChI=1S/C15H24N4S/c1-6-8-17-15(5,10-16)7-9-20-14-18-12(3)11(2)13(4)19-14/h17H,6-9H2,1-5H3. The first-order valence-corrected chi connectivity index (χ1v) is 8.01. The molecule has 1 N–H and O–H groups in total. The molecular formula is C15H24N4S. The van der Waals surface area contributed by atoms with Crippen molar-refractivity contribution in [2.75, 3.05) is 12.3 Å². The van der Waals surface area contributed by atoms with Crippen molar-refractivity contribution >= 4 is 11.8 Å². The van der Waals surface area contributed by atoms with Gasteiger partial charge in [-0.3, -0.25) is 5.32 Å². The number of aryl methyl sites for hydroxylation is 2. The van der Waals surface area contributed by atoms with Crippen LogP contribution in [0.25, 0.3) is 0 Å². The number of nitriles is 1. The second kappa shape index (κ2) is 7.61. The van der Waals surface area contributed by atoms with Gasteiger partial charge in [0.05, 0.1) is 6.07 Å². The predicted molar refractivity (Wildman–Crippen MR) is 83.9 cm³/mol. The summed E-state index contributed by atoms with van der Waals surface area (Å²) in [5, 5.41) is 13.4. The van der Waals surface area contributed by atoms with Gasteiger partial charge in [-0.25, -0.2) is 9.97 Å². The zero-order chi connectivity index (χ0) is 15.2. The smallest absolute Gasteiger partial charge is 0.187 e. The van der Waals surface area contributed by atoms with Gasteiger partial charge in [-0.2, -0.15) is 5.26 Å². The normalized spacial score (nSPS) is 13.8. The summed E-state index contributed by atoms with van der Waals surface area (Å²) in [6, 6.07) is 2.37. The van der Waals surface area contributed by atoms with Crippen LogP contribution < -0.4 is 5.32 Å². The van der Waals surface area contributed by atoms with Crippen molar-refractivity contribution in [2.24, 2.45) is 0 Å². The molecule has 0 saturated carbocycles. The summed E-state index contributed by atoms with van der Waals surface area (Å²) >= 11 is 1.62. The fraction of sp³-hybridized carbons (Fsp3) is 0.667. The summed E-state index contributed by atoms with van der Waals surface area (Å²) in [7, 11) is 0. The molecule has 0 aliphatic carbocycles. The topological polar surface area (TPSA) is 61.6 Å². The minimum atomic E-state index is -0.461. The van der Waals surface area contributed by atoms with E-state index in [-0.39, 0.29) is 0 Å². The first-order valence-electron chi connectivity index (χ1n) is 7.03. The fourth-order valence-electron chi connectivity index (χ4n) is 1.74. The Morgan fingerprint density at radius 1 is 1.25 bits per heavy atom. The van der Waals surface area contributed by atoms with Crippen LogP contribution in [0.15, 0.2) is 5.16 Å². The van der Waals surface area contributed by atoms with Crippen molar-refractivity contribution in [1.82, 2.24) is 15.3 Å². The Morgan fingerprint density at radius 2 is 1.85 bits per heavy atom. The summed E-state index contributed by atoms with van der Waals surface area (Å²) in [6.45, 7) is 11.0. The van der Waals surface area contributed by atoms with E-state index in [9.17, 15) is 5.26 Å². The molecule has 5 heteroatoms. The molecule has 0 spiro atoms. The van der Waals surface area contributed by atoms with Crippen LogP contribution in [0.1, 0.15) is 43.6 Å². The lowest BCUT2D eigenvalue weighted by Gasteiger charge is -2.22. The van der Waals surface area contributed by atoms with Gasteiger partial charge >= 0.3 is 0 Å². The van der Waals surface area contributed by atoms with Crippen molar-refractivity contribution in [3.05, 3.63) is 17.0 Å². The monoisotopic (exact) mass is 292 g/mol. The number of hydrogen-bond donors (Lipinski definition) is 1. The Bertz CT molecular complexity index is 472. The molecule has 1 rings (SSSR count). The highest BCUT2D eigenvalue weighted by atomic mass is 32.2.